The van der Waals surface area contributed by atoms with Crippen molar-refractivity contribution in [2.45, 2.75) is 6.92 Å². The van der Waals surface area contributed by atoms with E-state index >= 15 is 0 Å². The summed E-state index contributed by atoms with van der Waals surface area (Å²) >= 11 is 3.37. The summed E-state index contributed by atoms with van der Waals surface area (Å²) in [5, 5.41) is 4.07. The number of methoxy groups -OCH3 is 1. The molecule has 1 N–H and O–H groups in total. The number of nitrogens with zero attached hydrogens (tertiary/aromatic N) is 1. The van der Waals surface area contributed by atoms with Crippen LogP contribution >= 0.6 is 15.9 Å². The van der Waals surface area contributed by atoms with Gasteiger partial charge in [-0.05, 0) is 48.9 Å². The zero-order valence-corrected chi connectivity index (χ0v) is 14.5. The molecule has 0 aliphatic rings. The predicted octanol–water partition coefficient (Wildman–Crippen LogP) is 3.38. The highest BCUT2D eigenvalue weighted by molar-refractivity contribution is 9.10. The lowest BCUT2D eigenvalue weighted by molar-refractivity contribution is -0.123. The van der Waals surface area contributed by atoms with Crippen LogP contribution in [-0.2, 0) is 4.79 Å². The summed E-state index contributed by atoms with van der Waals surface area (Å²) < 4.78 is 11.4. The van der Waals surface area contributed by atoms with Gasteiger partial charge in [-0.3, -0.25) is 4.79 Å². The second-order valence-electron chi connectivity index (χ2n) is 4.70. The highest BCUT2D eigenvalue weighted by Crippen LogP contribution is 2.16. The molecule has 5 nitrogen and oxygen atoms in total. The molecule has 0 aliphatic heterocycles. The minimum Gasteiger partial charge on any atom is -0.497 e. The molecule has 23 heavy (non-hydrogen) atoms. The molecule has 0 fully saturated rings. The van der Waals surface area contributed by atoms with Crippen LogP contribution in [0.25, 0.3) is 0 Å². The number of nitrogens with one attached hydrogen (secondary N) is 1. The Morgan fingerprint density at radius 3 is 2.30 bits per heavy atom. The van der Waals surface area contributed by atoms with Gasteiger partial charge >= 0.3 is 0 Å². The van der Waals surface area contributed by atoms with Crippen molar-refractivity contribution in [2.75, 3.05) is 13.7 Å². The third-order valence-corrected chi connectivity index (χ3v) is 3.57. The Kier molecular flexibility index (Phi) is 6.17. The molecule has 6 heteroatoms. The average Bonchev–Trinajstić information content (AvgIpc) is 2.59. The van der Waals surface area contributed by atoms with Crippen LogP contribution in [0.1, 0.15) is 12.5 Å². The number of hydrazone groups is 1. The molecule has 0 bridgehead atoms. The summed E-state index contributed by atoms with van der Waals surface area (Å²) in [6.45, 7) is 1.72. The topological polar surface area (TPSA) is 59.9 Å². The van der Waals surface area contributed by atoms with E-state index in [4.69, 9.17) is 9.47 Å². The fourth-order valence-corrected chi connectivity index (χ4v) is 2.02. The summed E-state index contributed by atoms with van der Waals surface area (Å²) in [5.41, 5.74) is 4.13. The number of hydrogen-bond donors (Lipinski definition) is 1. The van der Waals surface area contributed by atoms with Gasteiger partial charge < -0.3 is 9.47 Å². The van der Waals surface area contributed by atoms with Crippen LogP contribution in [0.2, 0.25) is 0 Å². The first-order valence-corrected chi connectivity index (χ1v) is 7.73. The Labute approximate surface area is 143 Å². The Morgan fingerprint density at radius 2 is 1.70 bits per heavy atom. The minimum absolute atomic E-state index is 0.108. The Morgan fingerprint density at radius 1 is 1.09 bits per heavy atom. The summed E-state index contributed by atoms with van der Waals surface area (Å²) in [7, 11) is 1.59. The van der Waals surface area contributed by atoms with Crippen molar-refractivity contribution in [3.05, 3.63) is 58.6 Å². The molecule has 2 rings (SSSR count). The van der Waals surface area contributed by atoms with Gasteiger partial charge in [0.05, 0.1) is 12.8 Å². The van der Waals surface area contributed by atoms with Crippen molar-refractivity contribution >= 4 is 27.5 Å². The summed E-state index contributed by atoms with van der Waals surface area (Å²) in [6, 6.07) is 14.7. The van der Waals surface area contributed by atoms with Gasteiger partial charge in [-0.15, -0.1) is 0 Å². The van der Waals surface area contributed by atoms with Crippen molar-refractivity contribution < 1.29 is 14.3 Å². The number of amides is 1. The monoisotopic (exact) mass is 376 g/mol. The predicted molar refractivity (Wildman–Crippen MR) is 93.0 cm³/mol. The van der Waals surface area contributed by atoms with Crippen LogP contribution < -0.4 is 14.9 Å². The first-order valence-electron chi connectivity index (χ1n) is 6.94. The van der Waals surface area contributed by atoms with Crippen LogP contribution in [0.3, 0.4) is 0 Å². The minimum atomic E-state index is -0.322. The smallest absolute Gasteiger partial charge is 0.277 e. The first-order chi connectivity index (χ1) is 11.1. The van der Waals surface area contributed by atoms with Gasteiger partial charge in [-0.2, -0.15) is 5.10 Å². The van der Waals surface area contributed by atoms with Crippen molar-refractivity contribution in [2.24, 2.45) is 5.10 Å². The lowest BCUT2D eigenvalue weighted by Gasteiger charge is -2.06. The number of carbonyl (C=O) groups is 1. The maximum atomic E-state index is 11.8. The van der Waals surface area contributed by atoms with Crippen LogP contribution in [0, 0.1) is 0 Å². The van der Waals surface area contributed by atoms with Gasteiger partial charge in [0.2, 0.25) is 0 Å². The summed E-state index contributed by atoms with van der Waals surface area (Å²) in [4.78, 5) is 11.8. The number of ether oxygens (including phenoxy) is 2. The van der Waals surface area contributed by atoms with Crippen molar-refractivity contribution in [3.63, 3.8) is 0 Å². The number of halogens is 1. The largest absolute Gasteiger partial charge is 0.497 e. The molecule has 2 aromatic carbocycles. The number of benzene rings is 2. The van der Waals surface area contributed by atoms with Crippen LogP contribution in [0.4, 0.5) is 0 Å². The SMILES string of the molecule is COc1ccc(OCC(=O)N/N=C(/C)c2ccc(Br)cc2)cc1. The van der Waals surface area contributed by atoms with Crippen molar-refractivity contribution in [1.29, 1.82) is 0 Å². The molecule has 0 aliphatic carbocycles. The van der Waals surface area contributed by atoms with Crippen molar-refractivity contribution in [1.82, 2.24) is 5.43 Å². The van der Waals surface area contributed by atoms with E-state index < -0.39 is 0 Å². The lowest BCUT2D eigenvalue weighted by atomic mass is 10.1. The fourth-order valence-electron chi connectivity index (χ4n) is 1.75. The maximum Gasteiger partial charge on any atom is 0.277 e. The molecule has 0 saturated carbocycles. The Balaban J connectivity index is 1.84. The molecule has 0 atom stereocenters. The molecule has 1 amide bonds. The highest BCUT2D eigenvalue weighted by Gasteiger charge is 2.03. The standard InChI is InChI=1S/C17H17BrN2O3/c1-12(13-3-5-14(18)6-4-13)19-20-17(21)11-23-16-9-7-15(22-2)8-10-16/h3-10H,11H2,1-2H3,(H,20,21)/b19-12-. The van der Waals surface area contributed by atoms with Gasteiger partial charge in [0.15, 0.2) is 6.61 Å². The van der Waals surface area contributed by atoms with E-state index in [2.05, 4.69) is 26.5 Å². The van der Waals surface area contributed by atoms with E-state index in [1.807, 2.05) is 31.2 Å². The normalized spacial score (nSPS) is 11.0. The molecule has 0 radical (unpaired) electrons. The van der Waals surface area contributed by atoms with Gasteiger partial charge in [0, 0.05) is 4.47 Å². The lowest BCUT2D eigenvalue weighted by Crippen LogP contribution is -2.25. The van der Waals surface area contributed by atoms with E-state index in [9.17, 15) is 4.79 Å². The molecule has 0 unspecified atom stereocenters. The number of hydrogen-bond acceptors (Lipinski definition) is 4. The van der Waals surface area contributed by atoms with Gasteiger partial charge in [-0.1, -0.05) is 28.1 Å². The third kappa shape index (κ3) is 5.41. The van der Waals surface area contributed by atoms with Crippen LogP contribution in [-0.4, -0.2) is 25.3 Å². The van der Waals surface area contributed by atoms with Gasteiger partial charge in [0.1, 0.15) is 11.5 Å². The molecule has 0 aromatic heterocycles. The zero-order chi connectivity index (χ0) is 16.7. The molecule has 0 saturated heterocycles. The second-order valence-corrected chi connectivity index (χ2v) is 5.62. The van der Waals surface area contributed by atoms with Crippen LogP contribution in [0.5, 0.6) is 11.5 Å². The van der Waals surface area contributed by atoms with E-state index in [0.717, 1.165) is 21.5 Å². The average molecular weight is 377 g/mol. The molecule has 120 valence electrons. The highest BCUT2D eigenvalue weighted by atomic mass is 79.9. The second kappa shape index (κ2) is 8.33. The van der Waals surface area contributed by atoms with Gasteiger partial charge in [-0.25, -0.2) is 5.43 Å². The Hall–Kier alpha value is -2.34. The molecule has 0 heterocycles. The van der Waals surface area contributed by atoms with Gasteiger partial charge in [0.25, 0.3) is 5.91 Å². The maximum absolute atomic E-state index is 11.8. The molecule has 0 spiro atoms. The zero-order valence-electron chi connectivity index (χ0n) is 12.9. The van der Waals surface area contributed by atoms with Crippen LogP contribution in [0.15, 0.2) is 58.1 Å². The van der Waals surface area contributed by atoms with E-state index in [1.165, 1.54) is 0 Å². The number of rotatable bonds is 6. The molecule has 2 aromatic rings. The first kappa shape index (κ1) is 17.0. The summed E-state index contributed by atoms with van der Waals surface area (Å²) in [5.74, 6) is 1.00. The quantitative estimate of drug-likeness (QED) is 0.620. The fraction of sp³-hybridized carbons (Fsp3) is 0.176. The molecular weight excluding hydrogens is 360 g/mol. The summed E-state index contributed by atoms with van der Waals surface area (Å²) in [6.07, 6.45) is 0. The molecular formula is C17H17BrN2O3. The van der Waals surface area contributed by atoms with E-state index in [0.29, 0.717) is 5.75 Å². The van der Waals surface area contributed by atoms with E-state index in [1.54, 1.807) is 31.4 Å². The van der Waals surface area contributed by atoms with E-state index in [-0.39, 0.29) is 12.5 Å². The number of carbonyl (C=O) groups excluding carboxylic acids is 1. The Bertz CT molecular complexity index is 682. The van der Waals surface area contributed by atoms with Crippen molar-refractivity contribution in [3.8, 4) is 11.5 Å². The third-order valence-electron chi connectivity index (χ3n) is 3.04.